The van der Waals surface area contributed by atoms with E-state index in [0.29, 0.717) is 5.92 Å². The molecule has 20 heavy (non-hydrogen) atoms. The molecule has 0 aliphatic heterocycles. The van der Waals surface area contributed by atoms with Crippen LogP contribution in [0.2, 0.25) is 0 Å². The van der Waals surface area contributed by atoms with Crippen LogP contribution in [-0.2, 0) is 6.54 Å². The molecule has 1 aromatic carbocycles. The fourth-order valence-corrected chi connectivity index (χ4v) is 2.65. The second-order valence-electron chi connectivity index (χ2n) is 4.99. The van der Waals surface area contributed by atoms with Crippen molar-refractivity contribution in [2.24, 2.45) is 5.92 Å². The number of fused-ring (bicyclic) bond motifs is 1. The molecule has 1 N–H and O–H groups in total. The van der Waals surface area contributed by atoms with Gasteiger partial charge in [-0.25, -0.2) is 0 Å². The molecule has 0 aliphatic rings. The Hall–Kier alpha value is -1.86. The summed E-state index contributed by atoms with van der Waals surface area (Å²) in [5, 5.41) is 21.7. The van der Waals surface area contributed by atoms with E-state index in [2.05, 4.69) is 39.7 Å². The minimum atomic E-state index is 0.627. The van der Waals surface area contributed by atoms with E-state index in [1.165, 1.54) is 11.3 Å². The highest BCUT2D eigenvalue weighted by Gasteiger charge is 2.11. The van der Waals surface area contributed by atoms with Gasteiger partial charge in [-0.1, -0.05) is 42.5 Å². The summed E-state index contributed by atoms with van der Waals surface area (Å²) in [4.78, 5) is 0. The van der Waals surface area contributed by atoms with E-state index in [4.69, 9.17) is 0 Å². The molecular formula is C13H16N6S. The summed E-state index contributed by atoms with van der Waals surface area (Å²) in [5.74, 6) is 0.627. The average Bonchev–Trinajstić information content (AvgIpc) is 3.04. The Balaban J connectivity index is 1.79. The summed E-state index contributed by atoms with van der Waals surface area (Å²) in [7, 11) is 0. The number of hydrogen-bond acceptors (Lipinski definition) is 6. The van der Waals surface area contributed by atoms with Crippen molar-refractivity contribution in [2.75, 3.05) is 6.54 Å². The zero-order valence-electron chi connectivity index (χ0n) is 11.4. The van der Waals surface area contributed by atoms with Crippen molar-refractivity contribution < 1.29 is 0 Å². The number of hydrogen-bond donors (Lipinski definition) is 1. The van der Waals surface area contributed by atoms with Crippen molar-refractivity contribution in [3.8, 4) is 5.13 Å². The smallest absolute Gasteiger partial charge is 0.234 e. The van der Waals surface area contributed by atoms with Gasteiger partial charge in [0.15, 0.2) is 0 Å². The van der Waals surface area contributed by atoms with Gasteiger partial charge in [0, 0.05) is 6.54 Å². The molecule has 2 heterocycles. The van der Waals surface area contributed by atoms with Crippen LogP contribution in [0.5, 0.6) is 0 Å². The van der Waals surface area contributed by atoms with Crippen molar-refractivity contribution in [2.45, 2.75) is 20.4 Å². The monoisotopic (exact) mass is 288 g/mol. The first-order valence-electron chi connectivity index (χ1n) is 6.58. The molecular weight excluding hydrogens is 272 g/mol. The molecule has 7 heteroatoms. The molecule has 104 valence electrons. The zero-order valence-corrected chi connectivity index (χ0v) is 12.3. The van der Waals surface area contributed by atoms with E-state index in [1.54, 1.807) is 4.68 Å². The Labute approximate surface area is 120 Å². The Morgan fingerprint density at radius 1 is 1.20 bits per heavy atom. The highest BCUT2D eigenvalue weighted by molar-refractivity contribution is 7.13. The first-order valence-corrected chi connectivity index (χ1v) is 7.39. The fraction of sp³-hybridized carbons (Fsp3) is 0.385. The van der Waals surface area contributed by atoms with E-state index >= 15 is 0 Å². The fourth-order valence-electron chi connectivity index (χ4n) is 1.88. The lowest BCUT2D eigenvalue weighted by Crippen LogP contribution is -2.18. The van der Waals surface area contributed by atoms with Gasteiger partial charge >= 0.3 is 0 Å². The Bertz CT molecular complexity index is 702. The second-order valence-corrected chi connectivity index (χ2v) is 6.03. The lowest BCUT2D eigenvalue weighted by molar-refractivity contribution is 0.550. The van der Waals surface area contributed by atoms with Crippen LogP contribution in [0.25, 0.3) is 16.2 Å². The van der Waals surface area contributed by atoms with Crippen LogP contribution in [0.3, 0.4) is 0 Å². The minimum Gasteiger partial charge on any atom is -0.310 e. The number of benzene rings is 1. The number of para-hydroxylation sites is 1. The van der Waals surface area contributed by atoms with Gasteiger partial charge in [-0.3, -0.25) is 0 Å². The predicted molar refractivity (Wildman–Crippen MR) is 78.9 cm³/mol. The van der Waals surface area contributed by atoms with Crippen LogP contribution in [0.4, 0.5) is 0 Å². The molecule has 0 amide bonds. The molecule has 0 spiro atoms. The van der Waals surface area contributed by atoms with E-state index in [0.717, 1.165) is 34.3 Å². The molecule has 0 fully saturated rings. The largest absolute Gasteiger partial charge is 0.310 e. The molecule has 0 saturated heterocycles. The molecule has 2 aromatic heterocycles. The SMILES string of the molecule is CC(C)CNCc1nnc(-n2nnc3ccccc32)s1. The van der Waals surface area contributed by atoms with Crippen LogP contribution in [0, 0.1) is 5.92 Å². The average molecular weight is 288 g/mol. The van der Waals surface area contributed by atoms with Gasteiger partial charge in [-0.05, 0) is 24.6 Å². The summed E-state index contributed by atoms with van der Waals surface area (Å²) in [5.41, 5.74) is 1.81. The molecule has 0 unspecified atom stereocenters. The third-order valence-electron chi connectivity index (χ3n) is 2.82. The molecule has 6 nitrogen and oxygen atoms in total. The second kappa shape index (κ2) is 5.64. The maximum atomic E-state index is 4.20. The predicted octanol–water partition coefficient (Wildman–Crippen LogP) is 2.02. The summed E-state index contributed by atoms with van der Waals surface area (Å²) >= 11 is 1.53. The van der Waals surface area contributed by atoms with Crippen molar-refractivity contribution in [3.05, 3.63) is 29.3 Å². The highest BCUT2D eigenvalue weighted by atomic mass is 32.1. The van der Waals surface area contributed by atoms with Crippen molar-refractivity contribution in [1.82, 2.24) is 30.5 Å². The Kier molecular flexibility index (Phi) is 3.70. The van der Waals surface area contributed by atoms with Gasteiger partial charge in [0.25, 0.3) is 0 Å². The van der Waals surface area contributed by atoms with Crippen molar-refractivity contribution >= 4 is 22.4 Å². The van der Waals surface area contributed by atoms with Gasteiger partial charge in [0.2, 0.25) is 5.13 Å². The number of rotatable bonds is 5. The number of aromatic nitrogens is 5. The topological polar surface area (TPSA) is 68.5 Å². The normalized spacial score (nSPS) is 11.6. The molecule has 3 rings (SSSR count). The zero-order chi connectivity index (χ0) is 13.9. The van der Waals surface area contributed by atoms with Crippen LogP contribution in [0.15, 0.2) is 24.3 Å². The van der Waals surface area contributed by atoms with Gasteiger partial charge in [0.1, 0.15) is 10.5 Å². The van der Waals surface area contributed by atoms with E-state index < -0.39 is 0 Å². The lowest BCUT2D eigenvalue weighted by Gasteiger charge is -2.03. The summed E-state index contributed by atoms with van der Waals surface area (Å²) in [6, 6.07) is 7.83. The first kappa shape index (κ1) is 13.1. The Morgan fingerprint density at radius 2 is 2.05 bits per heavy atom. The van der Waals surface area contributed by atoms with Crippen molar-refractivity contribution in [1.29, 1.82) is 0 Å². The molecule has 0 bridgehead atoms. The van der Waals surface area contributed by atoms with Gasteiger partial charge in [-0.15, -0.1) is 15.3 Å². The van der Waals surface area contributed by atoms with Gasteiger partial charge < -0.3 is 5.32 Å². The van der Waals surface area contributed by atoms with Gasteiger partial charge in [-0.2, -0.15) is 4.68 Å². The lowest BCUT2D eigenvalue weighted by atomic mass is 10.2. The summed E-state index contributed by atoms with van der Waals surface area (Å²) < 4.78 is 1.74. The number of nitrogens with one attached hydrogen (secondary N) is 1. The maximum absolute atomic E-state index is 4.20. The third kappa shape index (κ3) is 2.68. The quantitative estimate of drug-likeness (QED) is 0.778. The van der Waals surface area contributed by atoms with Crippen LogP contribution in [0.1, 0.15) is 18.9 Å². The van der Waals surface area contributed by atoms with E-state index in [1.807, 2.05) is 24.3 Å². The molecule has 3 aromatic rings. The van der Waals surface area contributed by atoms with Crippen LogP contribution < -0.4 is 5.32 Å². The number of nitrogens with zero attached hydrogens (tertiary/aromatic N) is 5. The highest BCUT2D eigenvalue weighted by Crippen LogP contribution is 2.19. The van der Waals surface area contributed by atoms with Crippen molar-refractivity contribution in [3.63, 3.8) is 0 Å². The minimum absolute atomic E-state index is 0.627. The molecule has 0 radical (unpaired) electrons. The summed E-state index contributed by atoms with van der Waals surface area (Å²) in [6.45, 7) is 6.07. The molecule has 0 atom stereocenters. The Morgan fingerprint density at radius 3 is 2.90 bits per heavy atom. The maximum Gasteiger partial charge on any atom is 0.234 e. The molecule has 0 saturated carbocycles. The first-order chi connectivity index (χ1) is 9.74. The van der Waals surface area contributed by atoms with E-state index in [-0.39, 0.29) is 0 Å². The standard InChI is InChI=1S/C13H16N6S/c1-9(2)7-14-8-12-16-17-13(20-12)19-11-6-4-3-5-10(11)15-18-19/h3-6,9,14H,7-8H2,1-2H3. The van der Waals surface area contributed by atoms with Crippen LogP contribution >= 0.6 is 11.3 Å². The third-order valence-corrected chi connectivity index (χ3v) is 3.72. The van der Waals surface area contributed by atoms with Gasteiger partial charge in [0.05, 0.1) is 5.52 Å². The summed E-state index contributed by atoms with van der Waals surface area (Å²) in [6.07, 6.45) is 0. The van der Waals surface area contributed by atoms with Crippen LogP contribution in [-0.4, -0.2) is 31.7 Å². The molecule has 0 aliphatic carbocycles. The van der Waals surface area contributed by atoms with E-state index in [9.17, 15) is 0 Å².